The zero-order valence-corrected chi connectivity index (χ0v) is 16.7. The highest BCUT2D eigenvalue weighted by Gasteiger charge is 2.68. The molecule has 2 amide bonds. The minimum absolute atomic E-state index is 0.0551. The third-order valence-corrected chi connectivity index (χ3v) is 6.36. The van der Waals surface area contributed by atoms with E-state index in [-0.39, 0.29) is 18.1 Å². The van der Waals surface area contributed by atoms with Crippen LogP contribution in [0.25, 0.3) is 0 Å². The largest absolute Gasteiger partial charge is 0.418 e. The van der Waals surface area contributed by atoms with Gasteiger partial charge in [0.1, 0.15) is 4.33 Å². The summed E-state index contributed by atoms with van der Waals surface area (Å²) in [6, 6.07) is 4.84. The lowest BCUT2D eigenvalue weighted by Gasteiger charge is -2.36. The molecule has 1 aliphatic heterocycles. The van der Waals surface area contributed by atoms with E-state index in [0.717, 1.165) is 6.07 Å². The highest BCUT2D eigenvalue weighted by Crippen LogP contribution is 2.64. The summed E-state index contributed by atoms with van der Waals surface area (Å²) in [7, 11) is 0. The Labute approximate surface area is 170 Å². The Bertz CT molecular complexity index is 780. The molecular formula is C18H20Cl2F3N3O2. The van der Waals surface area contributed by atoms with Gasteiger partial charge < -0.3 is 10.2 Å². The lowest BCUT2D eigenvalue weighted by Crippen LogP contribution is -2.52. The van der Waals surface area contributed by atoms with E-state index in [4.69, 9.17) is 23.2 Å². The molecule has 1 saturated heterocycles. The third-order valence-electron chi connectivity index (χ3n) is 5.26. The number of hydrogen-bond acceptors (Lipinski definition) is 3. The Balaban J connectivity index is 1.52. The van der Waals surface area contributed by atoms with Crippen LogP contribution in [0.2, 0.25) is 0 Å². The van der Waals surface area contributed by atoms with Crippen LogP contribution in [-0.4, -0.2) is 58.7 Å². The van der Waals surface area contributed by atoms with Crippen molar-refractivity contribution in [1.29, 1.82) is 0 Å². The van der Waals surface area contributed by atoms with Crippen LogP contribution in [0.5, 0.6) is 0 Å². The number of rotatable bonds is 4. The summed E-state index contributed by atoms with van der Waals surface area (Å²) in [6.07, 6.45) is -4.14. The van der Waals surface area contributed by atoms with Crippen LogP contribution in [0.3, 0.4) is 0 Å². The van der Waals surface area contributed by atoms with Crippen LogP contribution >= 0.6 is 23.2 Å². The molecule has 2 fully saturated rings. The van der Waals surface area contributed by atoms with Crippen molar-refractivity contribution in [2.24, 2.45) is 5.41 Å². The molecule has 1 unspecified atom stereocenters. The van der Waals surface area contributed by atoms with Crippen LogP contribution in [0.1, 0.15) is 18.9 Å². The van der Waals surface area contributed by atoms with Crippen molar-refractivity contribution < 1.29 is 22.8 Å². The van der Waals surface area contributed by atoms with Gasteiger partial charge in [-0.3, -0.25) is 14.5 Å². The first kappa shape index (κ1) is 21.2. The number of amides is 2. The third kappa shape index (κ3) is 4.23. The number of benzene rings is 1. The van der Waals surface area contributed by atoms with Crippen LogP contribution in [-0.2, 0) is 15.8 Å². The average Bonchev–Trinajstić information content (AvgIpc) is 3.13. The van der Waals surface area contributed by atoms with Gasteiger partial charge in [0.25, 0.3) is 0 Å². The minimum Gasteiger partial charge on any atom is -0.340 e. The highest BCUT2D eigenvalue weighted by molar-refractivity contribution is 6.53. The number of nitrogens with one attached hydrogen (secondary N) is 1. The molecular weight excluding hydrogens is 418 g/mol. The smallest absolute Gasteiger partial charge is 0.340 e. The van der Waals surface area contributed by atoms with Gasteiger partial charge in [-0.2, -0.15) is 13.2 Å². The minimum atomic E-state index is -4.55. The van der Waals surface area contributed by atoms with E-state index in [1.165, 1.54) is 18.2 Å². The molecule has 0 radical (unpaired) electrons. The number of alkyl halides is 5. The molecule has 3 rings (SSSR count). The van der Waals surface area contributed by atoms with Crippen molar-refractivity contribution in [3.8, 4) is 0 Å². The first-order valence-corrected chi connectivity index (χ1v) is 9.55. The molecule has 2 aliphatic rings. The standard InChI is InChI=1S/C18H20Cl2F3N3O2/c1-16(11-17(16,19)20)15(28)26-8-6-25(7-9-26)10-14(27)24-13-5-3-2-4-12(13)18(21,22)23/h2-5H,6-11H2,1H3,(H,24,27). The molecule has 5 nitrogen and oxygen atoms in total. The summed E-state index contributed by atoms with van der Waals surface area (Å²) in [5.74, 6) is -0.646. The van der Waals surface area contributed by atoms with Crippen molar-refractivity contribution in [3.63, 3.8) is 0 Å². The number of halogens is 5. The second-order valence-electron chi connectivity index (χ2n) is 7.37. The summed E-state index contributed by atoms with van der Waals surface area (Å²) >= 11 is 12.1. The Morgan fingerprint density at radius 2 is 1.71 bits per heavy atom. The molecule has 0 bridgehead atoms. The maximum atomic E-state index is 13.0. The molecule has 1 N–H and O–H groups in total. The number of piperazine rings is 1. The zero-order chi connectivity index (χ0) is 20.7. The SMILES string of the molecule is CC1(C(=O)N2CCN(CC(=O)Nc3ccccc3C(F)(F)F)CC2)CC1(Cl)Cl. The van der Waals surface area contributed by atoms with Crippen LogP contribution in [0.15, 0.2) is 24.3 Å². The van der Waals surface area contributed by atoms with Gasteiger partial charge in [0, 0.05) is 26.2 Å². The van der Waals surface area contributed by atoms with Crippen molar-refractivity contribution in [2.45, 2.75) is 23.9 Å². The van der Waals surface area contributed by atoms with Gasteiger partial charge in [-0.15, -0.1) is 23.2 Å². The van der Waals surface area contributed by atoms with Crippen LogP contribution < -0.4 is 5.32 Å². The van der Waals surface area contributed by atoms with E-state index in [1.54, 1.807) is 16.7 Å². The molecule has 1 saturated carbocycles. The van der Waals surface area contributed by atoms with E-state index in [1.807, 2.05) is 0 Å². The monoisotopic (exact) mass is 437 g/mol. The maximum Gasteiger partial charge on any atom is 0.418 e. The van der Waals surface area contributed by atoms with Crippen molar-refractivity contribution in [3.05, 3.63) is 29.8 Å². The fraction of sp³-hybridized carbons (Fsp3) is 0.556. The second-order valence-corrected chi connectivity index (χ2v) is 8.86. The summed E-state index contributed by atoms with van der Waals surface area (Å²) in [5, 5.41) is 2.33. The molecule has 1 atom stereocenters. The number of hydrogen-bond donors (Lipinski definition) is 1. The van der Waals surface area contributed by atoms with Gasteiger partial charge in [-0.25, -0.2) is 0 Å². The normalized spacial score (nSPS) is 24.7. The van der Waals surface area contributed by atoms with Gasteiger partial charge in [0.05, 0.1) is 23.2 Å². The van der Waals surface area contributed by atoms with E-state index >= 15 is 0 Å². The number of nitrogens with zero attached hydrogens (tertiary/aromatic N) is 2. The molecule has 0 spiro atoms. The Morgan fingerprint density at radius 1 is 1.14 bits per heavy atom. The molecule has 10 heteroatoms. The zero-order valence-electron chi connectivity index (χ0n) is 15.2. The molecule has 1 aromatic rings. The molecule has 1 aliphatic carbocycles. The van der Waals surface area contributed by atoms with Gasteiger partial charge in [0.2, 0.25) is 11.8 Å². The molecule has 0 aromatic heterocycles. The fourth-order valence-corrected chi connectivity index (χ4v) is 4.02. The number of carbonyl (C=O) groups is 2. The summed E-state index contributed by atoms with van der Waals surface area (Å²) in [5.41, 5.74) is -1.94. The summed E-state index contributed by atoms with van der Waals surface area (Å²) in [6.45, 7) is 3.37. The topological polar surface area (TPSA) is 52.7 Å². The highest BCUT2D eigenvalue weighted by atomic mass is 35.5. The second kappa shape index (κ2) is 7.39. The predicted molar refractivity (Wildman–Crippen MR) is 100 cm³/mol. The molecule has 1 aromatic carbocycles. The van der Waals surface area contributed by atoms with Gasteiger partial charge in [0.15, 0.2) is 0 Å². The Morgan fingerprint density at radius 3 is 2.25 bits per heavy atom. The number of para-hydroxylation sites is 1. The van der Waals surface area contributed by atoms with Gasteiger partial charge >= 0.3 is 6.18 Å². The van der Waals surface area contributed by atoms with Crippen molar-refractivity contribution >= 4 is 40.7 Å². The average molecular weight is 438 g/mol. The number of anilines is 1. The van der Waals surface area contributed by atoms with Crippen LogP contribution in [0.4, 0.5) is 18.9 Å². The van der Waals surface area contributed by atoms with Crippen molar-refractivity contribution in [1.82, 2.24) is 9.80 Å². The lowest BCUT2D eigenvalue weighted by atomic mass is 10.1. The first-order chi connectivity index (χ1) is 12.9. The van der Waals surface area contributed by atoms with E-state index in [2.05, 4.69) is 5.32 Å². The van der Waals surface area contributed by atoms with E-state index < -0.39 is 27.4 Å². The number of carbonyl (C=O) groups excluding carboxylic acids is 2. The molecule has 1 heterocycles. The molecule has 28 heavy (non-hydrogen) atoms. The maximum absolute atomic E-state index is 13.0. The Kier molecular flexibility index (Phi) is 5.59. The van der Waals surface area contributed by atoms with Crippen molar-refractivity contribution in [2.75, 3.05) is 38.0 Å². The quantitative estimate of drug-likeness (QED) is 0.734. The summed E-state index contributed by atoms with van der Waals surface area (Å²) < 4.78 is 38.0. The van der Waals surface area contributed by atoms with Crippen LogP contribution in [0, 0.1) is 5.41 Å². The Hall–Kier alpha value is -1.51. The van der Waals surface area contributed by atoms with Gasteiger partial charge in [-0.05, 0) is 25.5 Å². The first-order valence-electron chi connectivity index (χ1n) is 8.80. The molecule has 154 valence electrons. The lowest BCUT2D eigenvalue weighted by molar-refractivity contribution is -0.138. The predicted octanol–water partition coefficient (Wildman–Crippen LogP) is 3.37. The van der Waals surface area contributed by atoms with E-state index in [9.17, 15) is 22.8 Å². The summed E-state index contributed by atoms with van der Waals surface area (Å²) in [4.78, 5) is 28.2. The van der Waals surface area contributed by atoms with Gasteiger partial charge in [-0.1, -0.05) is 12.1 Å². The van der Waals surface area contributed by atoms with E-state index in [0.29, 0.717) is 32.6 Å². The fourth-order valence-electron chi connectivity index (χ4n) is 3.32.